The molecule has 1 rings (SSSR count). The van der Waals surface area contributed by atoms with Gasteiger partial charge in [-0.3, -0.25) is 14.6 Å². The molecular formula is C9H19N3O3. The van der Waals surface area contributed by atoms with Crippen molar-refractivity contribution in [3.05, 3.63) is 10.1 Å². The standard InChI is InChI=1S/C9H19N3O3/c1-9(2,3)11-6-4-10(5-7-11)8-15-12(13)14/h4-8H2,1-3H3. The smallest absolute Gasteiger partial charge is 0.295 e. The van der Waals surface area contributed by atoms with E-state index in [1.165, 1.54) is 0 Å². The molecule has 0 spiro atoms. The van der Waals surface area contributed by atoms with Crippen molar-refractivity contribution in [3.8, 4) is 0 Å². The Hall–Kier alpha value is -0.880. The lowest BCUT2D eigenvalue weighted by Crippen LogP contribution is -2.53. The molecule has 0 aliphatic carbocycles. The van der Waals surface area contributed by atoms with Crippen LogP contribution in [0.15, 0.2) is 0 Å². The molecule has 1 fully saturated rings. The quantitative estimate of drug-likeness (QED) is 0.511. The predicted octanol–water partition coefficient (Wildman–Crippen LogP) is 0.568. The van der Waals surface area contributed by atoms with Gasteiger partial charge >= 0.3 is 0 Å². The highest BCUT2D eigenvalue weighted by atomic mass is 17.0. The van der Waals surface area contributed by atoms with E-state index in [0.29, 0.717) is 0 Å². The normalized spacial score (nSPS) is 20.2. The molecule has 1 saturated heterocycles. The van der Waals surface area contributed by atoms with E-state index in [9.17, 15) is 10.1 Å². The van der Waals surface area contributed by atoms with Crippen molar-refractivity contribution in [1.29, 1.82) is 0 Å². The van der Waals surface area contributed by atoms with Crippen LogP contribution in [-0.2, 0) is 4.84 Å². The highest BCUT2D eigenvalue weighted by molar-refractivity contribution is 4.81. The minimum absolute atomic E-state index is 0.0883. The van der Waals surface area contributed by atoms with E-state index < -0.39 is 5.09 Å². The summed E-state index contributed by atoms with van der Waals surface area (Å²) in [6.07, 6.45) is 0. The third kappa shape index (κ3) is 4.01. The SMILES string of the molecule is CC(C)(C)N1CCN(CO[N+](=O)[O-])CC1. The van der Waals surface area contributed by atoms with Crippen LogP contribution in [0.4, 0.5) is 0 Å². The first kappa shape index (κ1) is 12.2. The molecule has 1 aliphatic rings. The van der Waals surface area contributed by atoms with Crippen LogP contribution in [-0.4, -0.2) is 53.3 Å². The van der Waals surface area contributed by atoms with Gasteiger partial charge < -0.3 is 0 Å². The lowest BCUT2D eigenvalue weighted by atomic mass is 10.1. The van der Waals surface area contributed by atoms with E-state index in [0.717, 1.165) is 26.2 Å². The summed E-state index contributed by atoms with van der Waals surface area (Å²) < 4.78 is 0. The van der Waals surface area contributed by atoms with Gasteiger partial charge in [0.15, 0.2) is 0 Å². The fraction of sp³-hybridized carbons (Fsp3) is 1.00. The van der Waals surface area contributed by atoms with Crippen LogP contribution >= 0.6 is 0 Å². The Morgan fingerprint density at radius 2 is 1.80 bits per heavy atom. The second-order valence-electron chi connectivity index (χ2n) is 4.76. The molecule has 0 aromatic rings. The van der Waals surface area contributed by atoms with Crippen LogP contribution in [0.3, 0.4) is 0 Å². The second-order valence-corrected chi connectivity index (χ2v) is 4.76. The zero-order valence-corrected chi connectivity index (χ0v) is 9.60. The summed E-state index contributed by atoms with van der Waals surface area (Å²) in [6.45, 7) is 10.1. The molecule has 0 aromatic heterocycles. The third-order valence-electron chi connectivity index (χ3n) is 2.67. The van der Waals surface area contributed by atoms with Crippen LogP contribution in [0.2, 0.25) is 0 Å². The average Bonchev–Trinajstić information content (AvgIpc) is 2.14. The fourth-order valence-corrected chi connectivity index (χ4v) is 1.68. The van der Waals surface area contributed by atoms with Gasteiger partial charge in [-0.2, -0.15) is 0 Å². The van der Waals surface area contributed by atoms with Crippen LogP contribution in [0, 0.1) is 10.1 Å². The molecule has 6 heteroatoms. The zero-order valence-electron chi connectivity index (χ0n) is 9.60. The number of nitrogens with zero attached hydrogens (tertiary/aromatic N) is 3. The number of hydrogen-bond acceptors (Lipinski definition) is 5. The fourth-order valence-electron chi connectivity index (χ4n) is 1.68. The highest BCUT2D eigenvalue weighted by Gasteiger charge is 2.25. The van der Waals surface area contributed by atoms with Gasteiger partial charge in [-0.1, -0.05) is 0 Å². The maximum atomic E-state index is 10.0. The maximum absolute atomic E-state index is 10.0. The van der Waals surface area contributed by atoms with Crippen LogP contribution in [0.1, 0.15) is 20.8 Å². The van der Waals surface area contributed by atoms with E-state index in [2.05, 4.69) is 30.5 Å². The summed E-state index contributed by atoms with van der Waals surface area (Å²) in [6, 6.07) is 0. The van der Waals surface area contributed by atoms with Gasteiger partial charge in [0.1, 0.15) is 6.73 Å². The van der Waals surface area contributed by atoms with Gasteiger partial charge in [0.25, 0.3) is 5.09 Å². The molecule has 6 nitrogen and oxygen atoms in total. The van der Waals surface area contributed by atoms with Crippen molar-refractivity contribution in [3.63, 3.8) is 0 Å². The first-order valence-corrected chi connectivity index (χ1v) is 5.14. The van der Waals surface area contributed by atoms with Gasteiger partial charge in [0, 0.05) is 31.7 Å². The van der Waals surface area contributed by atoms with Crippen LogP contribution in [0.5, 0.6) is 0 Å². The zero-order chi connectivity index (χ0) is 11.5. The van der Waals surface area contributed by atoms with E-state index in [-0.39, 0.29) is 12.3 Å². The first-order valence-electron chi connectivity index (χ1n) is 5.14. The van der Waals surface area contributed by atoms with E-state index >= 15 is 0 Å². The van der Waals surface area contributed by atoms with Crippen molar-refractivity contribution in [2.75, 3.05) is 32.9 Å². The number of hydrogen-bond donors (Lipinski definition) is 0. The van der Waals surface area contributed by atoms with Crippen molar-refractivity contribution >= 4 is 0 Å². The molecule has 0 unspecified atom stereocenters. The summed E-state index contributed by atoms with van der Waals surface area (Å²) >= 11 is 0. The Morgan fingerprint density at radius 3 is 2.20 bits per heavy atom. The van der Waals surface area contributed by atoms with Crippen molar-refractivity contribution in [1.82, 2.24) is 9.80 Å². The van der Waals surface area contributed by atoms with Crippen molar-refractivity contribution in [2.24, 2.45) is 0 Å². The predicted molar refractivity (Wildman–Crippen MR) is 55.8 cm³/mol. The molecule has 1 aliphatic heterocycles. The molecular weight excluding hydrogens is 198 g/mol. The average molecular weight is 217 g/mol. The molecule has 0 amide bonds. The van der Waals surface area contributed by atoms with Crippen LogP contribution < -0.4 is 0 Å². The molecule has 0 N–H and O–H groups in total. The second kappa shape index (κ2) is 4.76. The van der Waals surface area contributed by atoms with Gasteiger partial charge in [-0.05, 0) is 20.8 Å². The van der Waals surface area contributed by atoms with Crippen molar-refractivity contribution < 1.29 is 9.92 Å². The molecule has 0 aromatic carbocycles. The number of piperazine rings is 1. The molecule has 0 atom stereocenters. The third-order valence-corrected chi connectivity index (χ3v) is 2.67. The van der Waals surface area contributed by atoms with Gasteiger partial charge in [-0.25, -0.2) is 0 Å². The Balaban J connectivity index is 2.27. The Kier molecular flexibility index (Phi) is 3.87. The molecule has 88 valence electrons. The van der Waals surface area contributed by atoms with Gasteiger partial charge in [0.2, 0.25) is 0 Å². The van der Waals surface area contributed by atoms with E-state index in [4.69, 9.17) is 0 Å². The molecule has 1 heterocycles. The minimum Gasteiger partial charge on any atom is -0.298 e. The summed E-state index contributed by atoms with van der Waals surface area (Å²) in [5, 5.41) is 9.27. The Labute approximate surface area is 89.9 Å². The Bertz CT molecular complexity index is 219. The molecule has 0 bridgehead atoms. The summed E-state index contributed by atoms with van der Waals surface area (Å²) in [7, 11) is 0. The first-order chi connectivity index (χ1) is 6.89. The molecule has 0 radical (unpaired) electrons. The number of rotatable bonds is 3. The van der Waals surface area contributed by atoms with Gasteiger partial charge in [0.05, 0.1) is 0 Å². The minimum atomic E-state index is -0.740. The largest absolute Gasteiger partial charge is 0.298 e. The Morgan fingerprint density at radius 1 is 1.27 bits per heavy atom. The lowest BCUT2D eigenvalue weighted by Gasteiger charge is -2.41. The summed E-state index contributed by atoms with van der Waals surface area (Å²) in [5.74, 6) is 0. The van der Waals surface area contributed by atoms with Crippen molar-refractivity contribution in [2.45, 2.75) is 26.3 Å². The summed E-state index contributed by atoms with van der Waals surface area (Å²) in [5.41, 5.74) is 0.177. The topological polar surface area (TPSA) is 58.8 Å². The van der Waals surface area contributed by atoms with E-state index in [1.807, 2.05) is 4.90 Å². The molecule has 0 saturated carbocycles. The molecule has 15 heavy (non-hydrogen) atoms. The monoisotopic (exact) mass is 217 g/mol. The van der Waals surface area contributed by atoms with Gasteiger partial charge in [-0.15, -0.1) is 10.1 Å². The highest BCUT2D eigenvalue weighted by Crippen LogP contribution is 2.15. The van der Waals surface area contributed by atoms with E-state index in [1.54, 1.807) is 0 Å². The lowest BCUT2D eigenvalue weighted by molar-refractivity contribution is -0.762. The maximum Gasteiger partial charge on any atom is 0.295 e. The van der Waals surface area contributed by atoms with Crippen LogP contribution in [0.25, 0.3) is 0 Å². The summed E-state index contributed by atoms with van der Waals surface area (Å²) in [4.78, 5) is 18.7.